The summed E-state index contributed by atoms with van der Waals surface area (Å²) in [7, 11) is 1.46. The van der Waals surface area contributed by atoms with Crippen LogP contribution in [0.3, 0.4) is 0 Å². The monoisotopic (exact) mass is 482 g/mol. The Morgan fingerprint density at radius 3 is 2.73 bits per heavy atom. The molecule has 0 bridgehead atoms. The summed E-state index contributed by atoms with van der Waals surface area (Å²) in [6, 6.07) is 7.99. The zero-order valence-electron chi connectivity index (χ0n) is 17.7. The van der Waals surface area contributed by atoms with E-state index in [1.165, 1.54) is 19.2 Å². The number of aromatic amines is 1. The number of halogens is 4. The Morgan fingerprint density at radius 2 is 2.03 bits per heavy atom. The molecule has 176 valence electrons. The van der Waals surface area contributed by atoms with Crippen molar-refractivity contribution >= 4 is 34.2 Å². The van der Waals surface area contributed by atoms with Gasteiger partial charge >= 0.3 is 6.18 Å². The molecular weight excluding hydrogens is 461 g/mol. The quantitative estimate of drug-likeness (QED) is 0.551. The average molecular weight is 483 g/mol. The van der Waals surface area contributed by atoms with Crippen LogP contribution in [-0.4, -0.2) is 55.9 Å². The van der Waals surface area contributed by atoms with Gasteiger partial charge in [-0.15, -0.1) is 0 Å². The van der Waals surface area contributed by atoms with Gasteiger partial charge in [0.15, 0.2) is 0 Å². The van der Waals surface area contributed by atoms with Gasteiger partial charge in [0.2, 0.25) is 0 Å². The van der Waals surface area contributed by atoms with Gasteiger partial charge in [-0.3, -0.25) is 4.79 Å². The van der Waals surface area contributed by atoms with E-state index in [1.54, 1.807) is 23.1 Å². The van der Waals surface area contributed by atoms with Crippen LogP contribution in [0.2, 0.25) is 5.02 Å². The van der Waals surface area contributed by atoms with Gasteiger partial charge in [-0.05, 0) is 36.4 Å². The molecule has 2 aromatic carbocycles. The molecular formula is C22H22ClF3N4O3. The third kappa shape index (κ3) is 5.23. The minimum atomic E-state index is -4.62. The van der Waals surface area contributed by atoms with Crippen molar-refractivity contribution in [2.45, 2.75) is 12.2 Å². The van der Waals surface area contributed by atoms with Gasteiger partial charge < -0.3 is 24.7 Å². The number of amides is 1. The standard InChI is InChI=1S/C22H22ClF3N4O3/c1-32-12-18(20-27-16-4-3-14(23)11-17(16)28-20)29-21(31)13-2-5-19(15(10-13)22(24,25)26)30-6-8-33-9-7-30/h2-5,10-11,18H,6-9,12H2,1H3,(H,27,28)(H,29,31). The Hall–Kier alpha value is -2.82. The first-order valence-electron chi connectivity index (χ1n) is 10.2. The largest absolute Gasteiger partial charge is 0.418 e. The second-order valence-corrected chi connectivity index (χ2v) is 8.03. The molecule has 1 unspecified atom stereocenters. The molecule has 33 heavy (non-hydrogen) atoms. The minimum Gasteiger partial charge on any atom is -0.382 e. The first-order chi connectivity index (χ1) is 15.8. The maximum Gasteiger partial charge on any atom is 0.418 e. The lowest BCUT2D eigenvalue weighted by Gasteiger charge is -2.31. The molecule has 4 rings (SSSR count). The van der Waals surface area contributed by atoms with Crippen molar-refractivity contribution in [3.8, 4) is 0 Å². The number of morpholine rings is 1. The summed E-state index contributed by atoms with van der Waals surface area (Å²) in [5.74, 6) is -0.266. The Labute approximate surface area is 192 Å². The Bertz CT molecular complexity index is 1150. The fourth-order valence-corrected chi connectivity index (χ4v) is 3.92. The van der Waals surface area contributed by atoms with Gasteiger partial charge in [0.25, 0.3) is 5.91 Å². The lowest BCUT2D eigenvalue weighted by molar-refractivity contribution is -0.137. The summed E-state index contributed by atoms with van der Waals surface area (Å²) in [6.45, 7) is 1.46. The van der Waals surface area contributed by atoms with Crippen molar-refractivity contribution in [2.24, 2.45) is 0 Å². The molecule has 1 aliphatic rings. The number of alkyl halides is 3. The highest BCUT2D eigenvalue weighted by Gasteiger charge is 2.36. The first kappa shape index (κ1) is 23.3. The number of benzene rings is 2. The number of imidazole rings is 1. The number of ether oxygens (including phenoxy) is 2. The minimum absolute atomic E-state index is 0.0324. The molecule has 11 heteroatoms. The third-order valence-corrected chi connectivity index (χ3v) is 5.58. The van der Waals surface area contributed by atoms with Gasteiger partial charge in [-0.1, -0.05) is 11.6 Å². The van der Waals surface area contributed by atoms with Crippen LogP contribution in [0.1, 0.15) is 27.8 Å². The van der Waals surface area contributed by atoms with Crippen LogP contribution in [0, 0.1) is 0 Å². The maximum atomic E-state index is 13.8. The predicted octanol–water partition coefficient (Wildman–Crippen LogP) is 4.19. The smallest absolute Gasteiger partial charge is 0.382 e. The van der Waals surface area contributed by atoms with Gasteiger partial charge in [-0.25, -0.2) is 4.98 Å². The summed E-state index contributed by atoms with van der Waals surface area (Å²) < 4.78 is 51.9. The first-order valence-corrected chi connectivity index (χ1v) is 10.6. The molecule has 1 amide bonds. The number of methoxy groups -OCH3 is 1. The van der Waals surface area contributed by atoms with Crippen molar-refractivity contribution in [3.63, 3.8) is 0 Å². The van der Waals surface area contributed by atoms with Crippen LogP contribution >= 0.6 is 11.6 Å². The topological polar surface area (TPSA) is 79.5 Å². The number of nitrogens with one attached hydrogen (secondary N) is 2. The molecule has 2 heterocycles. The molecule has 1 aliphatic heterocycles. The van der Waals surface area contributed by atoms with Crippen molar-refractivity contribution in [1.29, 1.82) is 0 Å². The SMILES string of the molecule is COCC(NC(=O)c1ccc(N2CCOCC2)c(C(F)(F)F)c1)c1nc2ccc(Cl)cc2[nH]1. The van der Waals surface area contributed by atoms with E-state index in [0.717, 1.165) is 6.07 Å². The summed E-state index contributed by atoms with van der Waals surface area (Å²) in [6.07, 6.45) is -4.62. The number of rotatable bonds is 6. The number of H-pyrrole nitrogens is 1. The molecule has 1 atom stereocenters. The van der Waals surface area contributed by atoms with E-state index in [4.69, 9.17) is 21.1 Å². The van der Waals surface area contributed by atoms with Crippen molar-refractivity contribution in [1.82, 2.24) is 15.3 Å². The van der Waals surface area contributed by atoms with E-state index in [9.17, 15) is 18.0 Å². The van der Waals surface area contributed by atoms with Crippen LogP contribution in [0.4, 0.5) is 18.9 Å². The second-order valence-electron chi connectivity index (χ2n) is 7.59. The van der Waals surface area contributed by atoms with Crippen LogP contribution in [0.5, 0.6) is 0 Å². The molecule has 2 N–H and O–H groups in total. The van der Waals surface area contributed by atoms with E-state index < -0.39 is 23.7 Å². The number of fused-ring (bicyclic) bond motifs is 1. The predicted molar refractivity (Wildman–Crippen MR) is 118 cm³/mol. The fourth-order valence-electron chi connectivity index (χ4n) is 3.75. The zero-order chi connectivity index (χ0) is 23.6. The molecule has 0 aliphatic carbocycles. The highest BCUT2D eigenvalue weighted by Crippen LogP contribution is 2.37. The molecule has 0 radical (unpaired) electrons. The van der Waals surface area contributed by atoms with E-state index in [0.29, 0.717) is 48.2 Å². The number of carbonyl (C=O) groups excluding carboxylic acids is 1. The molecule has 1 fully saturated rings. The van der Waals surface area contributed by atoms with Gasteiger partial charge in [0, 0.05) is 36.5 Å². The number of hydrogen-bond donors (Lipinski definition) is 2. The Kier molecular flexibility index (Phi) is 6.78. The van der Waals surface area contributed by atoms with E-state index >= 15 is 0 Å². The lowest BCUT2D eigenvalue weighted by Crippen LogP contribution is -2.37. The average Bonchev–Trinajstić information content (AvgIpc) is 3.21. The number of nitrogens with zero attached hydrogens (tertiary/aromatic N) is 2. The number of aromatic nitrogens is 2. The third-order valence-electron chi connectivity index (χ3n) is 5.35. The second kappa shape index (κ2) is 9.58. The van der Waals surface area contributed by atoms with Crippen LogP contribution in [0.25, 0.3) is 11.0 Å². The summed E-state index contributed by atoms with van der Waals surface area (Å²) in [4.78, 5) is 22.0. The summed E-state index contributed by atoms with van der Waals surface area (Å²) in [5, 5.41) is 3.23. The highest BCUT2D eigenvalue weighted by molar-refractivity contribution is 6.31. The van der Waals surface area contributed by atoms with E-state index in [-0.39, 0.29) is 17.9 Å². The van der Waals surface area contributed by atoms with Crippen molar-refractivity contribution in [2.75, 3.05) is 44.9 Å². The molecule has 0 spiro atoms. The van der Waals surface area contributed by atoms with E-state index in [1.807, 2.05) is 0 Å². The van der Waals surface area contributed by atoms with Crippen LogP contribution < -0.4 is 10.2 Å². The van der Waals surface area contributed by atoms with Gasteiger partial charge in [0.05, 0.1) is 36.4 Å². The summed E-state index contributed by atoms with van der Waals surface area (Å²) in [5.41, 5.74) is 0.365. The van der Waals surface area contributed by atoms with Crippen LogP contribution in [-0.2, 0) is 15.7 Å². The van der Waals surface area contributed by atoms with Gasteiger partial charge in [-0.2, -0.15) is 13.2 Å². The van der Waals surface area contributed by atoms with E-state index in [2.05, 4.69) is 15.3 Å². The van der Waals surface area contributed by atoms with Crippen molar-refractivity contribution < 1.29 is 27.4 Å². The molecule has 3 aromatic rings. The molecule has 1 aromatic heterocycles. The van der Waals surface area contributed by atoms with Crippen LogP contribution in [0.15, 0.2) is 36.4 Å². The summed E-state index contributed by atoms with van der Waals surface area (Å²) >= 11 is 6.01. The Balaban J connectivity index is 1.61. The highest BCUT2D eigenvalue weighted by atomic mass is 35.5. The normalized spacial score (nSPS) is 15.6. The Morgan fingerprint density at radius 1 is 1.27 bits per heavy atom. The molecule has 0 saturated carbocycles. The maximum absolute atomic E-state index is 13.8. The number of anilines is 1. The lowest BCUT2D eigenvalue weighted by atomic mass is 10.1. The molecule has 7 nitrogen and oxygen atoms in total. The fraction of sp³-hybridized carbons (Fsp3) is 0.364. The number of carbonyl (C=O) groups is 1. The molecule has 1 saturated heterocycles. The van der Waals surface area contributed by atoms with Crippen molar-refractivity contribution in [3.05, 3.63) is 58.4 Å². The van der Waals surface area contributed by atoms with Gasteiger partial charge in [0.1, 0.15) is 11.9 Å². The zero-order valence-corrected chi connectivity index (χ0v) is 18.5. The number of hydrogen-bond acceptors (Lipinski definition) is 5.